The van der Waals surface area contributed by atoms with Crippen molar-refractivity contribution >= 4 is 34.4 Å². The van der Waals surface area contributed by atoms with E-state index in [2.05, 4.69) is 15.3 Å². The van der Waals surface area contributed by atoms with Gasteiger partial charge in [-0.15, -0.1) is 0 Å². The summed E-state index contributed by atoms with van der Waals surface area (Å²) in [6.07, 6.45) is 3.57. The number of rotatable bonds is 2. The molecular weight excluding hydrogens is 352 g/mol. The number of halogens is 1. The lowest BCUT2D eigenvalue weighted by molar-refractivity contribution is -0.0738. The van der Waals surface area contributed by atoms with Gasteiger partial charge in [0.05, 0.1) is 5.52 Å². The summed E-state index contributed by atoms with van der Waals surface area (Å²) in [5, 5.41) is 4.91. The predicted molar refractivity (Wildman–Crippen MR) is 101 cm³/mol. The van der Waals surface area contributed by atoms with Crippen molar-refractivity contribution < 1.29 is 9.53 Å². The first-order valence-electron chi connectivity index (χ1n) is 8.89. The maximum Gasteiger partial charge on any atom is 0.410 e. The third-order valence-electron chi connectivity index (χ3n) is 4.97. The minimum Gasteiger partial charge on any atom is -0.444 e. The maximum absolute atomic E-state index is 12.1. The Morgan fingerprint density at radius 3 is 2.81 bits per heavy atom. The number of carbonyl (C=O) groups excluding carboxylic acids is 1. The molecule has 1 N–H and O–H groups in total. The fraction of sp³-hybridized carbons (Fsp3) is 0.526. The molecule has 138 valence electrons. The number of pyridine rings is 2. The van der Waals surface area contributed by atoms with Crippen LogP contribution in [0.5, 0.6) is 0 Å². The molecule has 1 amide bonds. The van der Waals surface area contributed by atoms with Crippen molar-refractivity contribution in [2.24, 2.45) is 5.41 Å². The van der Waals surface area contributed by atoms with Crippen LogP contribution in [0.3, 0.4) is 0 Å². The van der Waals surface area contributed by atoms with E-state index in [0.29, 0.717) is 11.2 Å². The van der Waals surface area contributed by atoms with Crippen molar-refractivity contribution in [1.29, 1.82) is 0 Å². The third kappa shape index (κ3) is 3.30. The molecule has 4 rings (SSSR count). The fourth-order valence-electron chi connectivity index (χ4n) is 3.91. The summed E-state index contributed by atoms with van der Waals surface area (Å²) < 4.78 is 5.43. The van der Waals surface area contributed by atoms with E-state index in [4.69, 9.17) is 16.3 Å². The molecule has 0 bridgehead atoms. The molecule has 1 aliphatic carbocycles. The molecule has 2 aromatic rings. The summed E-state index contributed by atoms with van der Waals surface area (Å²) in [5.41, 5.74) is 0.613. The lowest BCUT2D eigenvalue weighted by Gasteiger charge is -2.58. The summed E-state index contributed by atoms with van der Waals surface area (Å²) >= 11 is 6.12. The number of ether oxygens (including phenoxy) is 1. The van der Waals surface area contributed by atoms with Gasteiger partial charge in [-0.05, 0) is 45.7 Å². The van der Waals surface area contributed by atoms with Crippen molar-refractivity contribution in [3.63, 3.8) is 0 Å². The quantitative estimate of drug-likeness (QED) is 0.802. The maximum atomic E-state index is 12.1. The molecule has 1 saturated heterocycles. The molecule has 3 heterocycles. The average Bonchev–Trinajstić information content (AvgIpc) is 2.45. The highest BCUT2D eigenvalue weighted by molar-refractivity contribution is 6.30. The van der Waals surface area contributed by atoms with E-state index >= 15 is 0 Å². The fourth-order valence-corrected chi connectivity index (χ4v) is 4.10. The molecule has 26 heavy (non-hydrogen) atoms. The van der Waals surface area contributed by atoms with Crippen LogP contribution in [0.2, 0.25) is 5.15 Å². The second kappa shape index (κ2) is 5.98. The van der Waals surface area contributed by atoms with E-state index in [1.54, 1.807) is 17.2 Å². The molecular formula is C19H23ClN4O2. The number of anilines is 1. The molecule has 7 heteroatoms. The largest absolute Gasteiger partial charge is 0.444 e. The summed E-state index contributed by atoms with van der Waals surface area (Å²) in [7, 11) is 0. The van der Waals surface area contributed by atoms with Gasteiger partial charge < -0.3 is 15.0 Å². The number of amides is 1. The molecule has 1 spiro atoms. The Morgan fingerprint density at radius 2 is 2.12 bits per heavy atom. The molecule has 2 fully saturated rings. The van der Waals surface area contributed by atoms with Crippen molar-refractivity contribution in [3.05, 3.63) is 29.5 Å². The van der Waals surface area contributed by atoms with Gasteiger partial charge in [0, 0.05) is 42.2 Å². The van der Waals surface area contributed by atoms with Gasteiger partial charge in [-0.3, -0.25) is 4.98 Å². The summed E-state index contributed by atoms with van der Waals surface area (Å²) in [5.74, 6) is 0.781. The number of likely N-dealkylation sites (tertiary alicyclic amines) is 1. The van der Waals surface area contributed by atoms with Crippen molar-refractivity contribution in [1.82, 2.24) is 14.9 Å². The van der Waals surface area contributed by atoms with Crippen LogP contribution in [-0.4, -0.2) is 45.7 Å². The van der Waals surface area contributed by atoms with Gasteiger partial charge in [-0.2, -0.15) is 0 Å². The molecule has 1 aliphatic heterocycles. The lowest BCUT2D eigenvalue weighted by atomic mass is 9.61. The zero-order valence-electron chi connectivity index (χ0n) is 15.3. The standard InChI is InChI=1S/C19H23ClN4O2/c1-18(2,3)26-17(25)24-10-19(11-24)8-12(9-19)22-16-13-5-4-6-21-14(13)7-15(20)23-16/h4-7,12H,8-11H2,1-3H3,(H,22,23). The number of nitrogens with zero attached hydrogens (tertiary/aromatic N) is 3. The van der Waals surface area contributed by atoms with Gasteiger partial charge in [0.2, 0.25) is 0 Å². The molecule has 0 unspecified atom stereocenters. The molecule has 0 aromatic carbocycles. The molecule has 0 atom stereocenters. The zero-order valence-corrected chi connectivity index (χ0v) is 16.0. The molecule has 0 radical (unpaired) electrons. The lowest BCUT2D eigenvalue weighted by Crippen LogP contribution is -2.66. The first-order valence-corrected chi connectivity index (χ1v) is 9.27. The topological polar surface area (TPSA) is 67.3 Å². The number of hydrogen-bond acceptors (Lipinski definition) is 5. The summed E-state index contributed by atoms with van der Waals surface area (Å²) in [6, 6.07) is 6.01. The Labute approximate surface area is 157 Å². The highest BCUT2D eigenvalue weighted by Gasteiger charge is 2.54. The second-order valence-electron chi connectivity index (χ2n) is 8.45. The number of fused-ring (bicyclic) bond motifs is 1. The highest BCUT2D eigenvalue weighted by Crippen LogP contribution is 2.49. The Balaban J connectivity index is 1.35. The number of hydrogen-bond donors (Lipinski definition) is 1. The Kier molecular flexibility index (Phi) is 3.99. The van der Waals surface area contributed by atoms with E-state index in [9.17, 15) is 4.79 Å². The van der Waals surface area contributed by atoms with Gasteiger partial charge in [-0.25, -0.2) is 9.78 Å². The van der Waals surface area contributed by atoms with E-state index in [-0.39, 0.29) is 11.5 Å². The molecule has 6 nitrogen and oxygen atoms in total. The minimum absolute atomic E-state index is 0.215. The van der Waals surface area contributed by atoms with Crippen LogP contribution in [0.15, 0.2) is 24.4 Å². The van der Waals surface area contributed by atoms with Gasteiger partial charge in [0.25, 0.3) is 0 Å². The Hall–Kier alpha value is -2.08. The molecule has 2 aromatic heterocycles. The van der Waals surface area contributed by atoms with Gasteiger partial charge in [0.15, 0.2) is 0 Å². The normalized spacial score (nSPS) is 19.2. The second-order valence-corrected chi connectivity index (χ2v) is 8.84. The van der Waals surface area contributed by atoms with Crippen LogP contribution in [0, 0.1) is 5.41 Å². The van der Waals surface area contributed by atoms with E-state index in [1.807, 2.05) is 32.9 Å². The Morgan fingerprint density at radius 1 is 1.38 bits per heavy atom. The number of carbonyl (C=O) groups is 1. The predicted octanol–water partition coefficient (Wildman–Crippen LogP) is 4.09. The first-order chi connectivity index (χ1) is 12.2. The van der Waals surface area contributed by atoms with Crippen LogP contribution in [0.1, 0.15) is 33.6 Å². The van der Waals surface area contributed by atoms with Gasteiger partial charge in [0.1, 0.15) is 16.6 Å². The van der Waals surface area contributed by atoms with Crippen LogP contribution in [-0.2, 0) is 4.74 Å². The SMILES string of the molecule is CC(C)(C)OC(=O)N1CC2(CC(Nc3nc(Cl)cc4ncccc34)C2)C1. The number of nitrogens with one attached hydrogen (secondary N) is 1. The third-order valence-corrected chi connectivity index (χ3v) is 5.17. The van der Waals surface area contributed by atoms with Crippen LogP contribution >= 0.6 is 11.6 Å². The summed E-state index contributed by atoms with van der Waals surface area (Å²) in [6.45, 7) is 7.21. The van der Waals surface area contributed by atoms with Crippen molar-refractivity contribution in [2.75, 3.05) is 18.4 Å². The minimum atomic E-state index is -0.448. The number of aromatic nitrogens is 2. The van der Waals surface area contributed by atoms with E-state index in [1.165, 1.54) is 0 Å². The van der Waals surface area contributed by atoms with Crippen LogP contribution < -0.4 is 5.32 Å². The first kappa shape index (κ1) is 17.3. The summed E-state index contributed by atoms with van der Waals surface area (Å²) in [4.78, 5) is 22.6. The zero-order chi connectivity index (χ0) is 18.5. The van der Waals surface area contributed by atoms with Gasteiger partial charge >= 0.3 is 6.09 Å². The van der Waals surface area contributed by atoms with E-state index in [0.717, 1.165) is 42.7 Å². The monoisotopic (exact) mass is 374 g/mol. The van der Waals surface area contributed by atoms with Crippen molar-refractivity contribution in [2.45, 2.75) is 45.3 Å². The highest BCUT2D eigenvalue weighted by atomic mass is 35.5. The average molecular weight is 375 g/mol. The van der Waals surface area contributed by atoms with Crippen LogP contribution in [0.4, 0.5) is 10.6 Å². The van der Waals surface area contributed by atoms with Crippen LogP contribution in [0.25, 0.3) is 10.9 Å². The molecule has 1 saturated carbocycles. The molecule has 2 aliphatic rings. The smallest absolute Gasteiger partial charge is 0.410 e. The van der Waals surface area contributed by atoms with E-state index < -0.39 is 5.60 Å². The van der Waals surface area contributed by atoms with Gasteiger partial charge in [-0.1, -0.05) is 11.6 Å². The Bertz CT molecular complexity index is 850. The van der Waals surface area contributed by atoms with Crippen molar-refractivity contribution in [3.8, 4) is 0 Å².